The van der Waals surface area contributed by atoms with E-state index >= 15 is 0 Å². The minimum absolute atomic E-state index is 0.0419. The molecule has 0 spiro atoms. The molecule has 29 heavy (non-hydrogen) atoms. The third kappa shape index (κ3) is 3.25. The van der Waals surface area contributed by atoms with Crippen molar-refractivity contribution in [2.24, 2.45) is 17.3 Å². The Labute approximate surface area is 173 Å². The van der Waals surface area contributed by atoms with Gasteiger partial charge in [-0.05, 0) is 55.2 Å². The van der Waals surface area contributed by atoms with Crippen molar-refractivity contribution in [3.05, 3.63) is 29.8 Å². The first-order valence-corrected chi connectivity index (χ1v) is 11.1. The van der Waals surface area contributed by atoms with Crippen LogP contribution < -0.4 is 10.1 Å². The minimum atomic E-state index is -0.566. The summed E-state index contributed by atoms with van der Waals surface area (Å²) in [4.78, 5) is 18.0. The lowest BCUT2D eigenvalue weighted by atomic mass is 9.72. The molecule has 0 aliphatic carbocycles. The Morgan fingerprint density at radius 3 is 2.66 bits per heavy atom. The zero-order valence-corrected chi connectivity index (χ0v) is 17.3. The fourth-order valence-electron chi connectivity index (χ4n) is 6.25. The first kappa shape index (κ1) is 19.3. The van der Waals surface area contributed by atoms with Crippen LogP contribution in [0.5, 0.6) is 5.75 Å². The lowest BCUT2D eigenvalue weighted by Gasteiger charge is -2.56. The summed E-state index contributed by atoms with van der Waals surface area (Å²) in [5, 5.41) is 13.0. The van der Waals surface area contributed by atoms with Crippen LogP contribution in [0.25, 0.3) is 0 Å². The van der Waals surface area contributed by atoms with Crippen molar-refractivity contribution in [1.82, 2.24) is 15.1 Å². The highest BCUT2D eigenvalue weighted by molar-refractivity contribution is 5.84. The first-order chi connectivity index (χ1) is 14.1. The van der Waals surface area contributed by atoms with Crippen LogP contribution in [0, 0.1) is 17.3 Å². The van der Waals surface area contributed by atoms with E-state index in [0.717, 1.165) is 25.4 Å². The molecule has 4 saturated heterocycles. The molecular formula is C23H33N3O3. The largest absolute Gasteiger partial charge is 0.497 e. The number of hydrogen-bond donors (Lipinski definition) is 2. The van der Waals surface area contributed by atoms with Crippen molar-refractivity contribution in [1.29, 1.82) is 0 Å². The second-order valence-electron chi connectivity index (χ2n) is 9.60. The predicted octanol–water partition coefficient (Wildman–Crippen LogP) is 1.65. The topological polar surface area (TPSA) is 65.0 Å². The fourth-order valence-corrected chi connectivity index (χ4v) is 6.25. The molecular weight excluding hydrogens is 366 g/mol. The molecule has 1 aromatic rings. The van der Waals surface area contributed by atoms with Crippen LogP contribution in [0.4, 0.5) is 0 Å². The molecule has 2 bridgehead atoms. The number of piperidine rings is 3. The molecule has 0 aromatic heterocycles. The summed E-state index contributed by atoms with van der Waals surface area (Å²) in [6, 6.07) is 9.64. The molecule has 4 heterocycles. The molecule has 4 aliphatic rings. The second kappa shape index (κ2) is 7.56. The summed E-state index contributed by atoms with van der Waals surface area (Å²) < 4.78 is 5.34. The Bertz CT molecular complexity index is 743. The van der Waals surface area contributed by atoms with Gasteiger partial charge in [-0.3, -0.25) is 9.69 Å². The molecule has 6 nitrogen and oxygen atoms in total. The number of carbonyl (C=O) groups excluding carboxylic acids is 1. The van der Waals surface area contributed by atoms with Gasteiger partial charge in [0.15, 0.2) is 0 Å². The Morgan fingerprint density at radius 1 is 1.21 bits per heavy atom. The van der Waals surface area contributed by atoms with Crippen molar-refractivity contribution < 1.29 is 14.6 Å². The number of likely N-dealkylation sites (tertiary alicyclic amines) is 1. The second-order valence-corrected chi connectivity index (χ2v) is 9.60. The number of amides is 1. The fraction of sp³-hybridized carbons (Fsp3) is 0.696. The summed E-state index contributed by atoms with van der Waals surface area (Å²) >= 11 is 0. The van der Waals surface area contributed by atoms with Crippen molar-refractivity contribution in [3.63, 3.8) is 0 Å². The summed E-state index contributed by atoms with van der Waals surface area (Å²) in [6.45, 7) is 3.96. The lowest BCUT2D eigenvalue weighted by molar-refractivity contribution is -0.155. The number of aliphatic hydroxyl groups is 1. The summed E-state index contributed by atoms with van der Waals surface area (Å²) in [7, 11) is 1.71. The van der Waals surface area contributed by atoms with Gasteiger partial charge in [0.2, 0.25) is 5.91 Å². The van der Waals surface area contributed by atoms with Crippen LogP contribution >= 0.6 is 0 Å². The molecule has 0 radical (unpaired) electrons. The summed E-state index contributed by atoms with van der Waals surface area (Å²) in [5.41, 5.74) is 0.826. The Balaban J connectivity index is 1.33. The van der Waals surface area contributed by atoms with Gasteiger partial charge < -0.3 is 20.1 Å². The van der Waals surface area contributed by atoms with E-state index in [4.69, 9.17) is 4.74 Å². The molecule has 4 aliphatic heterocycles. The highest BCUT2D eigenvalue weighted by Gasteiger charge is 2.50. The van der Waals surface area contributed by atoms with E-state index in [1.165, 1.54) is 31.2 Å². The lowest BCUT2D eigenvalue weighted by Crippen LogP contribution is -2.67. The number of carbonyl (C=O) groups is 1. The molecule has 1 aromatic carbocycles. The highest BCUT2D eigenvalue weighted by atomic mass is 16.5. The number of benzene rings is 1. The zero-order valence-electron chi connectivity index (χ0n) is 17.3. The molecule has 5 rings (SSSR count). The van der Waals surface area contributed by atoms with Gasteiger partial charge >= 0.3 is 0 Å². The quantitative estimate of drug-likeness (QED) is 0.806. The van der Waals surface area contributed by atoms with Crippen LogP contribution in [0.2, 0.25) is 0 Å². The minimum Gasteiger partial charge on any atom is -0.497 e. The molecule has 4 fully saturated rings. The van der Waals surface area contributed by atoms with Crippen LogP contribution in [0.3, 0.4) is 0 Å². The number of aliphatic hydroxyl groups excluding tert-OH is 1. The predicted molar refractivity (Wildman–Crippen MR) is 111 cm³/mol. The van der Waals surface area contributed by atoms with Gasteiger partial charge in [0.25, 0.3) is 0 Å². The smallest absolute Gasteiger partial charge is 0.233 e. The molecule has 0 saturated carbocycles. The Kier molecular flexibility index (Phi) is 5.04. The molecule has 1 amide bonds. The standard InChI is InChI=1S/C23H33N3O3/c1-29-19-7-5-17(6-8-19)20-3-2-4-21-18-9-16(11-26(20)21)10-25(12-18)22(28)23(15-27)13-24-14-23/h5-8,16,18,20-21,24,27H,2-4,9-15H2,1H3/t16-,18+,20+,21-/m0/s1. The average molecular weight is 400 g/mol. The van der Waals surface area contributed by atoms with Gasteiger partial charge in [-0.1, -0.05) is 12.1 Å². The van der Waals surface area contributed by atoms with E-state index in [2.05, 4.69) is 39.4 Å². The maximum Gasteiger partial charge on any atom is 0.233 e. The van der Waals surface area contributed by atoms with Crippen molar-refractivity contribution in [2.45, 2.75) is 37.8 Å². The van der Waals surface area contributed by atoms with Crippen LogP contribution in [0.15, 0.2) is 24.3 Å². The number of ether oxygens (including phenoxy) is 1. The third-order valence-electron chi connectivity index (χ3n) is 7.86. The number of methoxy groups -OCH3 is 1. The number of hydrogen-bond acceptors (Lipinski definition) is 5. The number of nitrogens with one attached hydrogen (secondary N) is 1. The monoisotopic (exact) mass is 399 g/mol. The van der Waals surface area contributed by atoms with Crippen molar-refractivity contribution in [2.75, 3.05) is 46.4 Å². The van der Waals surface area contributed by atoms with Crippen LogP contribution in [-0.4, -0.2) is 73.3 Å². The van der Waals surface area contributed by atoms with E-state index < -0.39 is 5.41 Å². The maximum absolute atomic E-state index is 13.2. The van der Waals surface area contributed by atoms with Gasteiger partial charge in [0, 0.05) is 44.8 Å². The average Bonchev–Trinajstić information content (AvgIpc) is 2.73. The Morgan fingerprint density at radius 2 is 2.00 bits per heavy atom. The molecule has 158 valence electrons. The van der Waals surface area contributed by atoms with Gasteiger partial charge in [-0.15, -0.1) is 0 Å². The SMILES string of the molecule is COc1ccc([C@H]2CCC[C@H]3[C@@H]4C[C@@H](CN(C(=O)C5(CO)CNC5)C4)CN23)cc1. The van der Waals surface area contributed by atoms with E-state index in [1.807, 2.05) is 0 Å². The van der Waals surface area contributed by atoms with E-state index in [9.17, 15) is 9.90 Å². The zero-order chi connectivity index (χ0) is 20.0. The van der Waals surface area contributed by atoms with E-state index in [-0.39, 0.29) is 12.5 Å². The van der Waals surface area contributed by atoms with Gasteiger partial charge in [0.05, 0.1) is 19.1 Å². The summed E-state index contributed by atoms with van der Waals surface area (Å²) in [6.07, 6.45) is 4.94. The van der Waals surface area contributed by atoms with E-state index in [1.54, 1.807) is 7.11 Å². The van der Waals surface area contributed by atoms with Crippen LogP contribution in [0.1, 0.15) is 37.3 Å². The van der Waals surface area contributed by atoms with Gasteiger partial charge in [0.1, 0.15) is 5.75 Å². The number of rotatable bonds is 4. The van der Waals surface area contributed by atoms with Crippen molar-refractivity contribution >= 4 is 5.91 Å². The molecule has 6 heteroatoms. The third-order valence-corrected chi connectivity index (χ3v) is 7.86. The summed E-state index contributed by atoms with van der Waals surface area (Å²) in [5.74, 6) is 2.17. The number of nitrogens with zero attached hydrogens (tertiary/aromatic N) is 2. The maximum atomic E-state index is 13.2. The first-order valence-electron chi connectivity index (χ1n) is 11.1. The highest BCUT2D eigenvalue weighted by Crippen LogP contribution is 2.45. The van der Waals surface area contributed by atoms with Gasteiger partial charge in [-0.2, -0.15) is 0 Å². The van der Waals surface area contributed by atoms with Gasteiger partial charge in [-0.25, -0.2) is 0 Å². The van der Waals surface area contributed by atoms with Crippen LogP contribution in [-0.2, 0) is 4.79 Å². The molecule has 4 atom stereocenters. The Hall–Kier alpha value is -1.63. The normalized spacial score (nSPS) is 33.5. The van der Waals surface area contributed by atoms with E-state index in [0.29, 0.717) is 37.0 Å². The molecule has 2 N–H and O–H groups in total. The number of fused-ring (bicyclic) bond motifs is 4. The molecule has 0 unspecified atom stereocenters. The van der Waals surface area contributed by atoms with Crippen molar-refractivity contribution in [3.8, 4) is 5.75 Å².